The molecule has 0 saturated carbocycles. The van der Waals surface area contributed by atoms with Crippen molar-refractivity contribution in [1.29, 1.82) is 0 Å². The number of benzene rings is 1. The number of aromatic nitrogens is 2. The Hall–Kier alpha value is -1.93. The minimum absolute atomic E-state index is 0.0705. The van der Waals surface area contributed by atoms with E-state index in [-0.39, 0.29) is 11.9 Å². The van der Waals surface area contributed by atoms with Gasteiger partial charge in [0.15, 0.2) is 4.34 Å². The van der Waals surface area contributed by atoms with Crippen molar-refractivity contribution in [3.63, 3.8) is 0 Å². The van der Waals surface area contributed by atoms with Gasteiger partial charge in [-0.1, -0.05) is 53.4 Å². The maximum absolute atomic E-state index is 12.0. The number of carbonyl (C=O) groups is 2. The lowest BCUT2D eigenvalue weighted by Gasteiger charge is -2.01. The van der Waals surface area contributed by atoms with Crippen molar-refractivity contribution < 1.29 is 14.3 Å². The van der Waals surface area contributed by atoms with Gasteiger partial charge in [0, 0.05) is 18.6 Å². The zero-order valence-electron chi connectivity index (χ0n) is 14.1. The molecule has 1 aromatic heterocycles. The van der Waals surface area contributed by atoms with Crippen molar-refractivity contribution in [3.8, 4) is 0 Å². The zero-order valence-corrected chi connectivity index (χ0v) is 15.7. The Morgan fingerprint density at radius 3 is 2.76 bits per heavy atom. The molecular weight excluding hydrogens is 358 g/mol. The molecule has 0 bridgehead atoms. The molecule has 6 nitrogen and oxygen atoms in total. The van der Waals surface area contributed by atoms with Gasteiger partial charge in [0.25, 0.3) is 0 Å². The van der Waals surface area contributed by atoms with Gasteiger partial charge in [-0.05, 0) is 25.3 Å². The molecule has 0 aliphatic rings. The number of nitrogens with zero attached hydrogens (tertiary/aromatic N) is 2. The number of aryl methyl sites for hydroxylation is 1. The molecular formula is C17H21N3O3S2. The average molecular weight is 380 g/mol. The van der Waals surface area contributed by atoms with E-state index in [4.69, 9.17) is 4.74 Å². The van der Waals surface area contributed by atoms with Crippen LogP contribution in [0.1, 0.15) is 31.7 Å². The zero-order chi connectivity index (χ0) is 17.9. The van der Waals surface area contributed by atoms with E-state index in [0.29, 0.717) is 31.0 Å². The van der Waals surface area contributed by atoms with Gasteiger partial charge in [-0.15, -0.1) is 10.2 Å². The Bertz CT molecular complexity index is 677. The second kappa shape index (κ2) is 10.8. The van der Waals surface area contributed by atoms with Crippen molar-refractivity contribution in [1.82, 2.24) is 10.2 Å². The van der Waals surface area contributed by atoms with E-state index in [2.05, 4.69) is 15.5 Å². The summed E-state index contributed by atoms with van der Waals surface area (Å²) >= 11 is 2.87. The van der Waals surface area contributed by atoms with Crippen LogP contribution < -0.4 is 5.32 Å². The first-order valence-corrected chi connectivity index (χ1v) is 9.93. The van der Waals surface area contributed by atoms with E-state index in [1.165, 1.54) is 23.1 Å². The number of rotatable bonds is 10. The number of nitrogens with one attached hydrogen (secondary N) is 1. The van der Waals surface area contributed by atoms with Crippen LogP contribution in [0.5, 0.6) is 0 Å². The van der Waals surface area contributed by atoms with Crippen molar-refractivity contribution in [2.75, 3.05) is 17.7 Å². The van der Waals surface area contributed by atoms with Gasteiger partial charge in [-0.25, -0.2) is 0 Å². The predicted molar refractivity (Wildman–Crippen MR) is 99.9 cm³/mol. The molecule has 2 rings (SSSR count). The van der Waals surface area contributed by atoms with Gasteiger partial charge in [0.2, 0.25) is 11.0 Å². The summed E-state index contributed by atoms with van der Waals surface area (Å²) in [6, 6.07) is 9.89. The summed E-state index contributed by atoms with van der Waals surface area (Å²) in [7, 11) is 0. The molecule has 1 N–H and O–H groups in total. The number of hydrogen-bond donors (Lipinski definition) is 1. The summed E-state index contributed by atoms with van der Waals surface area (Å²) in [5.41, 5.74) is 1.13. The first-order chi connectivity index (χ1) is 12.2. The number of amides is 1. The summed E-state index contributed by atoms with van der Waals surface area (Å²) in [6.07, 6.45) is 2.23. The molecule has 0 unspecified atom stereocenters. The number of esters is 1. The molecule has 25 heavy (non-hydrogen) atoms. The topological polar surface area (TPSA) is 81.2 Å². The first kappa shape index (κ1) is 19.4. The highest BCUT2D eigenvalue weighted by Gasteiger charge is 2.09. The molecule has 0 aliphatic carbocycles. The summed E-state index contributed by atoms with van der Waals surface area (Å²) in [5.74, 6) is 0.515. The quantitative estimate of drug-likeness (QED) is 0.294. The normalized spacial score (nSPS) is 10.4. The molecule has 0 atom stereocenters. The lowest BCUT2D eigenvalue weighted by molar-refractivity contribution is -0.143. The highest BCUT2D eigenvalue weighted by Crippen LogP contribution is 2.26. The van der Waals surface area contributed by atoms with Crippen LogP contribution >= 0.6 is 23.1 Å². The Labute approximate surface area is 155 Å². The van der Waals surface area contributed by atoms with E-state index in [1.54, 1.807) is 6.92 Å². The van der Waals surface area contributed by atoms with Crippen molar-refractivity contribution in [2.45, 2.75) is 36.9 Å². The monoisotopic (exact) mass is 379 g/mol. The smallest absolute Gasteiger partial charge is 0.305 e. The molecule has 0 radical (unpaired) electrons. The van der Waals surface area contributed by atoms with Crippen LogP contribution in [0.3, 0.4) is 0 Å². The number of thioether (sulfide) groups is 1. The van der Waals surface area contributed by atoms with Crippen molar-refractivity contribution >= 4 is 40.1 Å². The molecule has 1 aromatic carbocycles. The summed E-state index contributed by atoms with van der Waals surface area (Å²) in [4.78, 5) is 23.2. The van der Waals surface area contributed by atoms with Gasteiger partial charge >= 0.3 is 5.97 Å². The van der Waals surface area contributed by atoms with Gasteiger partial charge in [0.05, 0.1) is 6.61 Å². The Kier molecular flexibility index (Phi) is 8.41. The fraction of sp³-hybridized carbons (Fsp3) is 0.412. The lowest BCUT2D eigenvalue weighted by atomic mass is 10.1. The van der Waals surface area contributed by atoms with Crippen LogP contribution in [0.2, 0.25) is 0 Å². The summed E-state index contributed by atoms with van der Waals surface area (Å²) in [6.45, 7) is 2.21. The molecule has 0 fully saturated rings. The Morgan fingerprint density at radius 1 is 1.20 bits per heavy atom. The molecule has 2 aromatic rings. The third-order valence-electron chi connectivity index (χ3n) is 3.19. The van der Waals surface area contributed by atoms with E-state index in [1.807, 2.05) is 30.3 Å². The van der Waals surface area contributed by atoms with Crippen LogP contribution in [0.4, 0.5) is 5.13 Å². The number of carbonyl (C=O) groups excluding carboxylic acids is 2. The Balaban J connectivity index is 1.66. The van der Waals surface area contributed by atoms with Crippen molar-refractivity contribution in [2.24, 2.45) is 0 Å². The lowest BCUT2D eigenvalue weighted by Crippen LogP contribution is -2.12. The van der Waals surface area contributed by atoms with Gasteiger partial charge < -0.3 is 10.1 Å². The second-order valence-electron chi connectivity index (χ2n) is 5.16. The number of ether oxygens (including phenoxy) is 1. The SMILES string of the molecule is CCOC(=O)CCCSc1nnc(NC(=O)CCc2ccccc2)s1. The molecule has 0 saturated heterocycles. The minimum Gasteiger partial charge on any atom is -0.466 e. The average Bonchev–Trinajstić information content (AvgIpc) is 3.05. The third kappa shape index (κ3) is 7.66. The maximum Gasteiger partial charge on any atom is 0.305 e. The summed E-state index contributed by atoms with van der Waals surface area (Å²) in [5, 5.41) is 11.3. The molecule has 1 amide bonds. The maximum atomic E-state index is 12.0. The van der Waals surface area contributed by atoms with Gasteiger partial charge in [-0.2, -0.15) is 0 Å². The number of hydrogen-bond acceptors (Lipinski definition) is 7. The van der Waals surface area contributed by atoms with Crippen LogP contribution in [-0.4, -0.2) is 34.4 Å². The highest BCUT2D eigenvalue weighted by molar-refractivity contribution is 8.01. The standard InChI is InChI=1S/C17H21N3O3S2/c1-2-23-15(22)9-6-12-24-17-20-19-16(25-17)18-14(21)11-10-13-7-4-3-5-8-13/h3-5,7-8H,2,6,9-12H2,1H3,(H,18,19,21). The molecule has 1 heterocycles. The van der Waals surface area contributed by atoms with Crippen LogP contribution in [0.25, 0.3) is 0 Å². The third-order valence-corrected chi connectivity index (χ3v) is 5.25. The van der Waals surface area contributed by atoms with Gasteiger partial charge in [-0.3, -0.25) is 9.59 Å². The van der Waals surface area contributed by atoms with Crippen LogP contribution in [-0.2, 0) is 20.7 Å². The van der Waals surface area contributed by atoms with E-state index in [9.17, 15) is 9.59 Å². The Morgan fingerprint density at radius 2 is 2.00 bits per heavy atom. The molecule has 8 heteroatoms. The second-order valence-corrected chi connectivity index (χ2v) is 7.48. The predicted octanol–water partition coefficient (Wildman–Crippen LogP) is 3.54. The van der Waals surface area contributed by atoms with Crippen LogP contribution in [0, 0.1) is 0 Å². The molecule has 0 spiro atoms. The van der Waals surface area contributed by atoms with E-state index < -0.39 is 0 Å². The van der Waals surface area contributed by atoms with E-state index >= 15 is 0 Å². The van der Waals surface area contributed by atoms with Gasteiger partial charge in [0.1, 0.15) is 0 Å². The number of anilines is 1. The van der Waals surface area contributed by atoms with E-state index in [0.717, 1.165) is 22.1 Å². The van der Waals surface area contributed by atoms with Crippen molar-refractivity contribution in [3.05, 3.63) is 35.9 Å². The highest BCUT2D eigenvalue weighted by atomic mass is 32.2. The molecule has 134 valence electrons. The largest absolute Gasteiger partial charge is 0.466 e. The fourth-order valence-corrected chi connectivity index (χ4v) is 3.79. The minimum atomic E-state index is -0.174. The first-order valence-electron chi connectivity index (χ1n) is 8.13. The summed E-state index contributed by atoms with van der Waals surface area (Å²) < 4.78 is 5.66. The fourth-order valence-electron chi connectivity index (χ4n) is 2.01. The van der Waals surface area contributed by atoms with Crippen LogP contribution in [0.15, 0.2) is 34.7 Å². The molecule has 0 aliphatic heterocycles.